The molecule has 0 bridgehead atoms. The maximum absolute atomic E-state index is 13.6. The van der Waals surface area contributed by atoms with E-state index in [2.05, 4.69) is 26.2 Å². The summed E-state index contributed by atoms with van der Waals surface area (Å²) in [6.07, 6.45) is 0. The Bertz CT molecular complexity index is 597. The molecule has 1 heterocycles. The van der Waals surface area contributed by atoms with Crippen LogP contribution in [0.1, 0.15) is 11.1 Å². The Morgan fingerprint density at radius 3 is 2.74 bits per heavy atom. The average Bonchev–Trinajstić information content (AvgIpc) is 2.32. The van der Waals surface area contributed by atoms with Gasteiger partial charge in [-0.05, 0) is 36.8 Å². The van der Waals surface area contributed by atoms with Crippen molar-refractivity contribution in [3.63, 3.8) is 0 Å². The van der Waals surface area contributed by atoms with Crippen LogP contribution in [0.15, 0.2) is 28.7 Å². The fraction of sp³-hybridized carbons (Fsp3) is 0.154. The van der Waals surface area contributed by atoms with Crippen LogP contribution in [0.3, 0.4) is 0 Å². The van der Waals surface area contributed by atoms with Crippen molar-refractivity contribution in [1.29, 1.82) is 0 Å². The molecule has 0 saturated carbocycles. The largest absolute Gasteiger partial charge is 0.378 e. The fourth-order valence-corrected chi connectivity index (χ4v) is 2.68. The SMILES string of the molecule is Cc1cc(Cl)nc(Cl)c1NCc1cc(Br)ccc1F. The third-order valence-corrected chi connectivity index (χ3v) is 3.56. The van der Waals surface area contributed by atoms with Gasteiger partial charge in [0, 0.05) is 16.6 Å². The van der Waals surface area contributed by atoms with Gasteiger partial charge in [-0.1, -0.05) is 39.1 Å². The highest BCUT2D eigenvalue weighted by Gasteiger charge is 2.09. The van der Waals surface area contributed by atoms with Gasteiger partial charge < -0.3 is 5.32 Å². The Balaban J connectivity index is 2.21. The van der Waals surface area contributed by atoms with Gasteiger partial charge in [0.15, 0.2) is 5.15 Å². The molecule has 1 aromatic carbocycles. The van der Waals surface area contributed by atoms with Crippen LogP contribution in [-0.2, 0) is 6.54 Å². The summed E-state index contributed by atoms with van der Waals surface area (Å²) in [6.45, 7) is 2.17. The van der Waals surface area contributed by atoms with Gasteiger partial charge in [-0.2, -0.15) is 0 Å². The summed E-state index contributed by atoms with van der Waals surface area (Å²) < 4.78 is 14.4. The van der Waals surface area contributed by atoms with E-state index in [1.54, 1.807) is 18.2 Å². The van der Waals surface area contributed by atoms with Crippen molar-refractivity contribution in [2.75, 3.05) is 5.32 Å². The standard InChI is InChI=1S/C13H10BrCl2FN2/c1-7-4-11(15)19-13(16)12(7)18-6-8-5-9(14)2-3-10(8)17/h2-5,18H,6H2,1H3. The molecule has 0 aliphatic carbocycles. The molecule has 0 unspecified atom stereocenters. The Morgan fingerprint density at radius 1 is 1.32 bits per heavy atom. The summed E-state index contributed by atoms with van der Waals surface area (Å²) in [4.78, 5) is 3.95. The highest BCUT2D eigenvalue weighted by atomic mass is 79.9. The first kappa shape index (κ1) is 14.6. The number of nitrogens with one attached hydrogen (secondary N) is 1. The van der Waals surface area contributed by atoms with Gasteiger partial charge in [0.1, 0.15) is 11.0 Å². The van der Waals surface area contributed by atoms with Crippen LogP contribution in [0.4, 0.5) is 10.1 Å². The first-order valence-electron chi connectivity index (χ1n) is 5.48. The molecule has 19 heavy (non-hydrogen) atoms. The zero-order valence-electron chi connectivity index (χ0n) is 9.98. The molecule has 0 spiro atoms. The van der Waals surface area contributed by atoms with Gasteiger partial charge in [0.2, 0.25) is 0 Å². The number of nitrogens with zero attached hydrogens (tertiary/aromatic N) is 1. The van der Waals surface area contributed by atoms with Crippen LogP contribution in [0.2, 0.25) is 10.3 Å². The monoisotopic (exact) mass is 362 g/mol. The van der Waals surface area contributed by atoms with E-state index in [9.17, 15) is 4.39 Å². The van der Waals surface area contributed by atoms with E-state index < -0.39 is 0 Å². The van der Waals surface area contributed by atoms with Crippen LogP contribution >= 0.6 is 39.1 Å². The van der Waals surface area contributed by atoms with E-state index >= 15 is 0 Å². The zero-order chi connectivity index (χ0) is 14.0. The summed E-state index contributed by atoms with van der Waals surface area (Å²) in [5, 5.41) is 3.69. The summed E-state index contributed by atoms with van der Waals surface area (Å²) in [6, 6.07) is 6.48. The second-order valence-electron chi connectivity index (χ2n) is 4.02. The van der Waals surface area contributed by atoms with E-state index in [-0.39, 0.29) is 11.0 Å². The minimum absolute atomic E-state index is 0.272. The quantitative estimate of drug-likeness (QED) is 0.757. The number of aryl methyl sites for hydroxylation is 1. The number of hydrogen-bond donors (Lipinski definition) is 1. The smallest absolute Gasteiger partial charge is 0.154 e. The first-order chi connectivity index (χ1) is 8.97. The first-order valence-corrected chi connectivity index (χ1v) is 7.02. The second kappa shape index (κ2) is 6.07. The molecule has 1 N–H and O–H groups in total. The molecule has 2 nitrogen and oxygen atoms in total. The normalized spacial score (nSPS) is 10.6. The number of rotatable bonds is 3. The van der Waals surface area contributed by atoms with Crippen molar-refractivity contribution in [3.05, 3.63) is 56.0 Å². The Labute approximate surface area is 129 Å². The van der Waals surface area contributed by atoms with Gasteiger partial charge in [-0.15, -0.1) is 0 Å². The zero-order valence-corrected chi connectivity index (χ0v) is 13.1. The molecule has 0 aliphatic heterocycles. The summed E-state index contributed by atoms with van der Waals surface area (Å²) in [5.74, 6) is -0.272. The van der Waals surface area contributed by atoms with E-state index in [4.69, 9.17) is 23.2 Å². The minimum Gasteiger partial charge on any atom is -0.378 e. The molecule has 0 fully saturated rings. The van der Waals surface area contributed by atoms with Crippen molar-refractivity contribution >= 4 is 44.8 Å². The summed E-state index contributed by atoms with van der Waals surface area (Å²) >= 11 is 15.1. The molecule has 2 aromatic rings. The van der Waals surface area contributed by atoms with Crippen LogP contribution in [0, 0.1) is 12.7 Å². The van der Waals surface area contributed by atoms with Gasteiger partial charge in [0.25, 0.3) is 0 Å². The van der Waals surface area contributed by atoms with Crippen molar-refractivity contribution in [2.45, 2.75) is 13.5 Å². The molecule has 2 rings (SSSR count). The van der Waals surface area contributed by atoms with Crippen molar-refractivity contribution < 1.29 is 4.39 Å². The Morgan fingerprint density at radius 2 is 2.05 bits per heavy atom. The van der Waals surface area contributed by atoms with Crippen molar-refractivity contribution in [3.8, 4) is 0 Å². The van der Waals surface area contributed by atoms with E-state index in [1.165, 1.54) is 6.07 Å². The molecular weight excluding hydrogens is 354 g/mol. The number of benzene rings is 1. The molecule has 0 aliphatic rings. The van der Waals surface area contributed by atoms with Crippen molar-refractivity contribution in [1.82, 2.24) is 4.98 Å². The predicted octanol–water partition coefficient (Wildman–Crippen LogP) is 5.21. The van der Waals surface area contributed by atoms with E-state index in [0.717, 1.165) is 10.0 Å². The number of halogens is 4. The predicted molar refractivity (Wildman–Crippen MR) is 80.4 cm³/mol. The molecule has 0 radical (unpaired) electrons. The molecule has 6 heteroatoms. The Kier molecular flexibility index (Phi) is 4.66. The number of pyridine rings is 1. The highest BCUT2D eigenvalue weighted by Crippen LogP contribution is 2.27. The Hall–Kier alpha value is -0.840. The molecular formula is C13H10BrCl2FN2. The highest BCUT2D eigenvalue weighted by molar-refractivity contribution is 9.10. The van der Waals surface area contributed by atoms with Gasteiger partial charge in [-0.25, -0.2) is 9.37 Å². The van der Waals surface area contributed by atoms with Crippen LogP contribution in [0.5, 0.6) is 0 Å². The maximum atomic E-state index is 13.6. The van der Waals surface area contributed by atoms with Crippen LogP contribution < -0.4 is 5.32 Å². The van der Waals surface area contributed by atoms with E-state index in [1.807, 2.05) is 6.92 Å². The second-order valence-corrected chi connectivity index (χ2v) is 5.68. The van der Waals surface area contributed by atoms with Gasteiger partial charge in [-0.3, -0.25) is 0 Å². The minimum atomic E-state index is -0.272. The van der Waals surface area contributed by atoms with E-state index in [0.29, 0.717) is 22.9 Å². The summed E-state index contributed by atoms with van der Waals surface area (Å²) in [7, 11) is 0. The lowest BCUT2D eigenvalue weighted by atomic mass is 10.2. The molecule has 0 amide bonds. The lowest BCUT2D eigenvalue weighted by Gasteiger charge is -2.12. The molecule has 0 atom stereocenters. The lowest BCUT2D eigenvalue weighted by Crippen LogP contribution is -2.04. The topological polar surface area (TPSA) is 24.9 Å². The molecule has 0 saturated heterocycles. The van der Waals surface area contributed by atoms with Gasteiger partial charge >= 0.3 is 0 Å². The van der Waals surface area contributed by atoms with Gasteiger partial charge in [0.05, 0.1) is 5.69 Å². The lowest BCUT2D eigenvalue weighted by molar-refractivity contribution is 0.612. The number of anilines is 1. The average molecular weight is 364 g/mol. The summed E-state index contributed by atoms with van der Waals surface area (Å²) in [5.41, 5.74) is 2.06. The third kappa shape index (κ3) is 3.59. The van der Waals surface area contributed by atoms with Crippen molar-refractivity contribution in [2.24, 2.45) is 0 Å². The fourth-order valence-electron chi connectivity index (χ4n) is 1.67. The third-order valence-electron chi connectivity index (χ3n) is 2.60. The maximum Gasteiger partial charge on any atom is 0.154 e. The van der Waals surface area contributed by atoms with Crippen LogP contribution in [-0.4, -0.2) is 4.98 Å². The molecule has 1 aromatic heterocycles. The number of aromatic nitrogens is 1. The van der Waals surface area contributed by atoms with Crippen LogP contribution in [0.25, 0.3) is 0 Å². The molecule has 100 valence electrons. The number of hydrogen-bond acceptors (Lipinski definition) is 2.